The van der Waals surface area contributed by atoms with Gasteiger partial charge in [0.15, 0.2) is 0 Å². The van der Waals surface area contributed by atoms with Gasteiger partial charge in [0, 0.05) is 0 Å². The summed E-state index contributed by atoms with van der Waals surface area (Å²) in [4.78, 5) is 0. The molecule has 12 N–H and O–H groups in total. The van der Waals surface area contributed by atoms with E-state index in [1.807, 2.05) is 0 Å². The third-order valence-electron chi connectivity index (χ3n) is 0. The van der Waals surface area contributed by atoms with Gasteiger partial charge in [0.1, 0.15) is 0 Å². The van der Waals surface area contributed by atoms with Crippen molar-refractivity contribution in [1.82, 2.24) is 0 Å². The van der Waals surface area contributed by atoms with E-state index >= 15 is 0 Å². The summed E-state index contributed by atoms with van der Waals surface area (Å²) in [5.41, 5.74) is 0. The van der Waals surface area contributed by atoms with Crippen LogP contribution in [-0.4, -0.2) is 146 Å². The molecule has 0 fully saturated rings. The second kappa shape index (κ2) is 102. The standard InChI is InChI=1S/3Ca.6H2O.6H/h;;;6*1H2;;;;;;. The van der Waals surface area contributed by atoms with Gasteiger partial charge in [0.2, 0.25) is 0 Å². The SMILES string of the molecule is O.O.O.O.O.O.[CaH2].[CaH2].[CaH2]. The van der Waals surface area contributed by atoms with Gasteiger partial charge in [0.25, 0.3) is 0 Å². The van der Waals surface area contributed by atoms with Gasteiger partial charge >= 0.3 is 113 Å². The molecule has 0 saturated carbocycles. The Balaban J connectivity index is 0. The first-order valence-corrected chi connectivity index (χ1v) is 0. The van der Waals surface area contributed by atoms with E-state index in [9.17, 15) is 0 Å². The van der Waals surface area contributed by atoms with Crippen LogP contribution in [0.15, 0.2) is 0 Å². The number of hydrogen-bond donors (Lipinski definition) is 0. The second-order valence-electron chi connectivity index (χ2n) is 0. The molecule has 0 aromatic rings. The Kier molecular flexibility index (Phi) is 1520. The molecule has 0 unspecified atom stereocenters. The average molecular weight is 234 g/mol. The van der Waals surface area contributed by atoms with E-state index < -0.39 is 0 Å². The van der Waals surface area contributed by atoms with Crippen molar-refractivity contribution in [1.29, 1.82) is 0 Å². The van der Waals surface area contributed by atoms with Gasteiger partial charge < -0.3 is 32.9 Å². The van der Waals surface area contributed by atoms with E-state index in [4.69, 9.17) is 0 Å². The van der Waals surface area contributed by atoms with Crippen LogP contribution < -0.4 is 0 Å². The minimum atomic E-state index is 0. The van der Waals surface area contributed by atoms with E-state index in [-0.39, 0.29) is 146 Å². The quantitative estimate of drug-likeness (QED) is 0.360. The van der Waals surface area contributed by atoms with Crippen molar-refractivity contribution in [2.45, 2.75) is 0 Å². The van der Waals surface area contributed by atoms with Crippen molar-refractivity contribution in [3.05, 3.63) is 0 Å². The van der Waals surface area contributed by atoms with Crippen LogP contribution in [0.4, 0.5) is 0 Å². The minimum absolute atomic E-state index is 0. The molecule has 0 amide bonds. The Hall–Kier alpha value is 3.54. The summed E-state index contributed by atoms with van der Waals surface area (Å²) in [6, 6.07) is 0. The molecule has 0 saturated heterocycles. The molecule has 9 heteroatoms. The fourth-order valence-corrected chi connectivity index (χ4v) is 0. The predicted molar refractivity (Wildman–Crippen MR) is 47.3 cm³/mol. The Labute approximate surface area is 143 Å². The zero-order chi connectivity index (χ0) is 0. The van der Waals surface area contributed by atoms with Crippen molar-refractivity contribution in [2.75, 3.05) is 0 Å². The summed E-state index contributed by atoms with van der Waals surface area (Å²) in [6.07, 6.45) is 0. The van der Waals surface area contributed by atoms with E-state index in [1.54, 1.807) is 0 Å². The molecule has 0 spiro atoms. The molecule has 9 heavy (non-hydrogen) atoms. The van der Waals surface area contributed by atoms with Crippen molar-refractivity contribution < 1.29 is 32.9 Å². The molecule has 0 aliphatic rings. The fraction of sp³-hybridized carbons (Fsp3) is 0. The van der Waals surface area contributed by atoms with Crippen LogP contribution in [0.3, 0.4) is 0 Å². The first-order chi connectivity index (χ1) is 0. The van der Waals surface area contributed by atoms with Crippen LogP contribution in [0, 0.1) is 0 Å². The first kappa shape index (κ1) is 133. The van der Waals surface area contributed by atoms with E-state index in [1.165, 1.54) is 0 Å². The van der Waals surface area contributed by atoms with Gasteiger partial charge in [-0.25, -0.2) is 0 Å². The molecule has 6 nitrogen and oxygen atoms in total. The average Bonchev–Trinajstić information content (AvgIpc) is 0. The van der Waals surface area contributed by atoms with E-state index in [0.717, 1.165) is 0 Å². The maximum atomic E-state index is 0. The number of hydrogen-bond acceptors (Lipinski definition) is 0. The van der Waals surface area contributed by atoms with Gasteiger partial charge in [-0.1, -0.05) is 0 Å². The summed E-state index contributed by atoms with van der Waals surface area (Å²) in [5, 5.41) is 0. The Morgan fingerprint density at radius 1 is 0.222 bits per heavy atom. The van der Waals surface area contributed by atoms with Crippen LogP contribution in [0.2, 0.25) is 0 Å². The molecule has 0 aliphatic carbocycles. The normalized spacial score (nSPS) is 0. The van der Waals surface area contributed by atoms with Gasteiger partial charge in [0.05, 0.1) is 0 Å². The second-order valence-corrected chi connectivity index (χ2v) is 0. The van der Waals surface area contributed by atoms with Gasteiger partial charge in [-0.05, 0) is 0 Å². The third-order valence-corrected chi connectivity index (χ3v) is 0. The van der Waals surface area contributed by atoms with Crippen LogP contribution in [0.1, 0.15) is 0 Å². The summed E-state index contributed by atoms with van der Waals surface area (Å²) < 4.78 is 0. The topological polar surface area (TPSA) is 189 Å². The molecule has 60 valence electrons. The van der Waals surface area contributed by atoms with Crippen molar-refractivity contribution in [3.63, 3.8) is 0 Å². The fourth-order valence-electron chi connectivity index (χ4n) is 0. The van der Waals surface area contributed by atoms with Crippen LogP contribution in [-0.2, 0) is 0 Å². The molecule has 0 aromatic carbocycles. The molecule has 0 rings (SSSR count). The molecule has 0 aromatic heterocycles. The van der Waals surface area contributed by atoms with Gasteiger partial charge in [-0.3, -0.25) is 0 Å². The molecule has 0 bridgehead atoms. The molecule has 0 heterocycles. The Morgan fingerprint density at radius 3 is 0.222 bits per heavy atom. The summed E-state index contributed by atoms with van der Waals surface area (Å²) in [6.45, 7) is 0. The van der Waals surface area contributed by atoms with Crippen molar-refractivity contribution in [3.8, 4) is 0 Å². The van der Waals surface area contributed by atoms with E-state index in [2.05, 4.69) is 0 Å². The van der Waals surface area contributed by atoms with Gasteiger partial charge in [-0.15, -0.1) is 0 Å². The predicted octanol–water partition coefficient (Wildman–Crippen LogP) is -7.70. The number of rotatable bonds is 0. The summed E-state index contributed by atoms with van der Waals surface area (Å²) >= 11 is 0. The van der Waals surface area contributed by atoms with Crippen molar-refractivity contribution >= 4 is 113 Å². The summed E-state index contributed by atoms with van der Waals surface area (Å²) in [7, 11) is 0. The summed E-state index contributed by atoms with van der Waals surface area (Å²) in [5.74, 6) is 0. The maximum absolute atomic E-state index is 0. The monoisotopic (exact) mass is 234 g/mol. The van der Waals surface area contributed by atoms with Gasteiger partial charge in [-0.2, -0.15) is 0 Å². The molecular weight excluding hydrogens is 216 g/mol. The zero-order valence-electron chi connectivity index (χ0n) is 3.00. The Bertz CT molecular complexity index is 8.26. The van der Waals surface area contributed by atoms with Crippen LogP contribution in [0.25, 0.3) is 0 Å². The van der Waals surface area contributed by atoms with E-state index in [0.29, 0.717) is 0 Å². The first-order valence-electron chi connectivity index (χ1n) is 0. The molecule has 0 atom stereocenters. The molecular formula is H18Ca3O6. The molecule has 0 radical (unpaired) electrons. The van der Waals surface area contributed by atoms with Crippen LogP contribution in [0.5, 0.6) is 0 Å². The molecule has 0 aliphatic heterocycles. The Morgan fingerprint density at radius 2 is 0.222 bits per heavy atom. The zero-order valence-corrected chi connectivity index (χ0v) is 3.00. The van der Waals surface area contributed by atoms with Crippen molar-refractivity contribution in [2.24, 2.45) is 0 Å². The third kappa shape index (κ3) is 83.8. The van der Waals surface area contributed by atoms with Crippen LogP contribution >= 0.6 is 0 Å².